The third-order valence-electron chi connectivity index (χ3n) is 7.86. The lowest BCUT2D eigenvalue weighted by Crippen LogP contribution is -2.38. The number of nitrogens with zero attached hydrogens (tertiary/aromatic N) is 1. The zero-order valence-corrected chi connectivity index (χ0v) is 23.6. The minimum absolute atomic E-state index is 0.119. The summed E-state index contributed by atoms with van der Waals surface area (Å²) >= 11 is 0. The van der Waals surface area contributed by atoms with Crippen LogP contribution in [0.4, 0.5) is 15.8 Å². The minimum Gasteiger partial charge on any atom is -0.494 e. The van der Waals surface area contributed by atoms with Gasteiger partial charge in [-0.15, -0.1) is 0 Å². The van der Waals surface area contributed by atoms with Crippen molar-refractivity contribution in [2.75, 3.05) is 16.8 Å². The van der Waals surface area contributed by atoms with Crippen LogP contribution in [0.25, 0.3) is 0 Å². The second-order valence-corrected chi connectivity index (χ2v) is 10.8. The largest absolute Gasteiger partial charge is 0.494 e. The number of rotatable bonds is 10. The van der Waals surface area contributed by atoms with Crippen LogP contribution in [0.3, 0.4) is 0 Å². The predicted molar refractivity (Wildman–Crippen MR) is 159 cm³/mol. The number of amides is 1. The number of benzene rings is 3. The van der Waals surface area contributed by atoms with E-state index in [1.165, 1.54) is 12.1 Å². The van der Waals surface area contributed by atoms with E-state index in [1.807, 2.05) is 42.5 Å². The molecule has 0 unspecified atom stereocenters. The Morgan fingerprint density at radius 1 is 0.952 bits per heavy atom. The maximum atomic E-state index is 14.0. The van der Waals surface area contributed by atoms with Crippen LogP contribution in [-0.4, -0.2) is 29.4 Å². The number of fused-ring (bicyclic) bond motifs is 1. The van der Waals surface area contributed by atoms with Gasteiger partial charge in [-0.2, -0.15) is 0 Å². The second-order valence-electron chi connectivity index (χ2n) is 10.8. The van der Waals surface area contributed by atoms with Crippen LogP contribution in [0.1, 0.15) is 75.0 Å². The Balaban J connectivity index is 1.59. The van der Waals surface area contributed by atoms with Crippen LogP contribution in [0, 0.1) is 5.82 Å². The Kier molecular flexibility index (Phi) is 9.00. The topological polar surface area (TPSA) is 95.9 Å². The van der Waals surface area contributed by atoms with Crippen molar-refractivity contribution in [3.8, 4) is 5.75 Å². The summed E-state index contributed by atoms with van der Waals surface area (Å²) in [7, 11) is 0. The number of anilines is 2. The van der Waals surface area contributed by atoms with Crippen LogP contribution in [-0.2, 0) is 14.4 Å². The van der Waals surface area contributed by atoms with Crippen LogP contribution in [0.2, 0.25) is 0 Å². The Bertz CT molecular complexity index is 1480. The first-order valence-corrected chi connectivity index (χ1v) is 14.5. The van der Waals surface area contributed by atoms with E-state index in [9.17, 15) is 23.9 Å². The zero-order valence-electron chi connectivity index (χ0n) is 23.6. The van der Waals surface area contributed by atoms with E-state index in [4.69, 9.17) is 4.74 Å². The maximum Gasteiger partial charge on any atom is 0.303 e. The number of unbranched alkanes of at least 4 members (excludes halogenated alkanes) is 2. The molecule has 1 aliphatic heterocycles. The average molecular weight is 571 g/mol. The first-order chi connectivity index (χ1) is 20.4. The van der Waals surface area contributed by atoms with Crippen molar-refractivity contribution >= 4 is 29.0 Å². The van der Waals surface area contributed by atoms with Gasteiger partial charge in [0.15, 0.2) is 5.78 Å². The summed E-state index contributed by atoms with van der Waals surface area (Å²) in [4.78, 5) is 40.8. The van der Waals surface area contributed by atoms with Gasteiger partial charge in [0, 0.05) is 24.1 Å². The Morgan fingerprint density at radius 3 is 2.38 bits per heavy atom. The number of ether oxygens (including phenoxy) is 1. The number of hydrogen-bond acceptors (Lipinski definition) is 5. The van der Waals surface area contributed by atoms with Crippen molar-refractivity contribution in [1.29, 1.82) is 0 Å². The number of ketones is 1. The summed E-state index contributed by atoms with van der Waals surface area (Å²) in [5, 5.41) is 12.8. The number of aliphatic carboxylic acids is 1. The predicted octanol–water partition coefficient (Wildman–Crippen LogP) is 7.16. The van der Waals surface area contributed by atoms with Gasteiger partial charge < -0.3 is 15.2 Å². The third-order valence-corrected chi connectivity index (χ3v) is 7.86. The van der Waals surface area contributed by atoms with Gasteiger partial charge in [-0.25, -0.2) is 4.39 Å². The molecular weight excluding hydrogens is 535 g/mol. The van der Waals surface area contributed by atoms with Gasteiger partial charge in [-0.1, -0.05) is 56.2 Å². The first kappa shape index (κ1) is 29.0. The molecule has 0 radical (unpaired) electrons. The number of carboxylic acids is 1. The highest BCUT2D eigenvalue weighted by molar-refractivity contribution is 6.06. The van der Waals surface area contributed by atoms with Gasteiger partial charge in [0.2, 0.25) is 5.91 Å². The standard InChI is InChI=1S/C34H35FN2O5/c1-2-3-6-19-42-26-15-11-23(12-16-26)34-33-28(20-24(21-30(33)38)22-9-13-25(35)14-10-22)36-27-7-4-5-8-29(27)37(34)31(39)17-18-32(40)41/h4-5,7-16,24,34,36H,2-3,6,17-21H2,1H3,(H,40,41)/t24-,34+/m1/s1. The van der Waals surface area contributed by atoms with Gasteiger partial charge >= 0.3 is 5.97 Å². The molecule has 2 aliphatic rings. The number of nitrogens with one attached hydrogen (secondary N) is 1. The van der Waals surface area contributed by atoms with Crippen molar-refractivity contribution in [3.63, 3.8) is 0 Å². The molecule has 7 nitrogen and oxygen atoms in total. The molecule has 2 N–H and O–H groups in total. The number of carbonyl (C=O) groups excluding carboxylic acids is 2. The molecule has 5 rings (SSSR count). The van der Waals surface area contributed by atoms with Crippen LogP contribution in [0.15, 0.2) is 84.1 Å². The summed E-state index contributed by atoms with van der Waals surface area (Å²) in [6, 6.07) is 20.2. The molecule has 1 aliphatic carbocycles. The first-order valence-electron chi connectivity index (χ1n) is 14.5. The fourth-order valence-electron chi connectivity index (χ4n) is 5.77. The number of hydrogen-bond donors (Lipinski definition) is 2. The van der Waals surface area contributed by atoms with Gasteiger partial charge in [-0.3, -0.25) is 19.3 Å². The molecular formula is C34H35FN2O5. The lowest BCUT2D eigenvalue weighted by Gasteiger charge is -2.35. The zero-order chi connectivity index (χ0) is 29.6. The smallest absolute Gasteiger partial charge is 0.303 e. The molecule has 2 atom stereocenters. The normalized spacial score (nSPS) is 18.0. The lowest BCUT2D eigenvalue weighted by atomic mass is 9.78. The number of carboxylic acid groups (broad SMARTS) is 1. The van der Waals surface area contributed by atoms with E-state index in [0.29, 0.717) is 41.4 Å². The van der Waals surface area contributed by atoms with Crippen LogP contribution < -0.4 is 15.0 Å². The second kappa shape index (κ2) is 13.0. The van der Waals surface area contributed by atoms with Crippen molar-refractivity contribution in [3.05, 3.63) is 101 Å². The maximum absolute atomic E-state index is 14.0. The van der Waals surface area contributed by atoms with Crippen molar-refractivity contribution < 1.29 is 28.6 Å². The Labute approximate surface area is 245 Å². The lowest BCUT2D eigenvalue weighted by molar-refractivity contribution is -0.138. The van der Waals surface area contributed by atoms with E-state index < -0.39 is 17.9 Å². The summed E-state index contributed by atoms with van der Waals surface area (Å²) < 4.78 is 19.6. The summed E-state index contributed by atoms with van der Waals surface area (Å²) in [6.45, 7) is 2.74. The molecule has 0 spiro atoms. The van der Waals surface area contributed by atoms with Crippen molar-refractivity contribution in [1.82, 2.24) is 0 Å². The molecule has 42 heavy (non-hydrogen) atoms. The number of allylic oxidation sites excluding steroid dienone is 1. The number of Topliss-reactive ketones (excluding diaryl/α,β-unsaturated/α-hetero) is 1. The van der Waals surface area contributed by atoms with E-state index in [-0.39, 0.29) is 36.8 Å². The quantitative estimate of drug-likeness (QED) is 0.251. The van der Waals surface area contributed by atoms with E-state index in [2.05, 4.69) is 12.2 Å². The highest BCUT2D eigenvalue weighted by atomic mass is 19.1. The molecule has 0 aromatic heterocycles. The number of halogens is 1. The molecule has 1 amide bonds. The molecule has 3 aromatic carbocycles. The number of para-hydroxylation sites is 2. The summed E-state index contributed by atoms with van der Waals surface area (Å²) in [6.07, 6.45) is 3.29. The minimum atomic E-state index is -1.07. The van der Waals surface area contributed by atoms with Gasteiger partial charge in [0.1, 0.15) is 11.6 Å². The molecule has 218 valence electrons. The molecule has 1 heterocycles. The fraction of sp³-hybridized carbons (Fsp3) is 0.324. The Hall–Kier alpha value is -4.46. The van der Waals surface area contributed by atoms with Crippen LogP contribution >= 0.6 is 0 Å². The SMILES string of the molecule is CCCCCOc1ccc([C@H]2C3=C(C[C@@H](c4ccc(F)cc4)CC3=O)Nc3ccccc3N2C(=O)CCC(=O)O)cc1. The molecule has 0 saturated carbocycles. The molecule has 0 saturated heterocycles. The summed E-state index contributed by atoms with van der Waals surface area (Å²) in [5.41, 5.74) is 3.99. The Morgan fingerprint density at radius 2 is 1.67 bits per heavy atom. The monoisotopic (exact) mass is 570 g/mol. The van der Waals surface area contributed by atoms with Gasteiger partial charge in [0.25, 0.3) is 0 Å². The highest BCUT2D eigenvalue weighted by Gasteiger charge is 2.41. The molecule has 0 fully saturated rings. The number of carbonyl (C=O) groups is 3. The van der Waals surface area contributed by atoms with E-state index >= 15 is 0 Å². The molecule has 8 heteroatoms. The third kappa shape index (κ3) is 6.38. The van der Waals surface area contributed by atoms with Gasteiger partial charge in [0.05, 0.1) is 30.4 Å². The highest BCUT2D eigenvalue weighted by Crippen LogP contribution is 2.47. The van der Waals surface area contributed by atoms with E-state index in [0.717, 1.165) is 30.4 Å². The van der Waals surface area contributed by atoms with Crippen molar-refractivity contribution in [2.45, 2.75) is 63.8 Å². The molecule has 0 bridgehead atoms. The van der Waals surface area contributed by atoms with E-state index in [1.54, 1.807) is 23.1 Å². The summed E-state index contributed by atoms with van der Waals surface area (Å²) in [5.74, 6) is -1.38. The fourth-order valence-corrected chi connectivity index (χ4v) is 5.77. The van der Waals surface area contributed by atoms with Gasteiger partial charge in [-0.05, 0) is 66.3 Å². The van der Waals surface area contributed by atoms with Crippen molar-refractivity contribution in [2.24, 2.45) is 0 Å². The molecule has 3 aromatic rings. The van der Waals surface area contributed by atoms with Crippen LogP contribution in [0.5, 0.6) is 5.75 Å². The average Bonchev–Trinajstić information content (AvgIpc) is 3.13.